The quantitative estimate of drug-likeness (QED) is 0.435. The van der Waals surface area contributed by atoms with Gasteiger partial charge in [-0.15, -0.1) is 11.6 Å². The molecule has 2 rings (SSSR count). The highest BCUT2D eigenvalue weighted by Crippen LogP contribution is 2.64. The number of nitrogens with one attached hydrogen (secondary N) is 1. The van der Waals surface area contributed by atoms with Gasteiger partial charge in [-0.1, -0.05) is 6.08 Å². The first-order valence-corrected chi connectivity index (χ1v) is 5.25. The molecule has 1 N–H and O–H groups in total. The van der Waals surface area contributed by atoms with Crippen LogP contribution in [0.5, 0.6) is 0 Å². The van der Waals surface area contributed by atoms with Crippen molar-refractivity contribution in [1.82, 2.24) is 5.32 Å². The van der Waals surface area contributed by atoms with Gasteiger partial charge in [0.15, 0.2) is 0 Å². The zero-order valence-corrected chi connectivity index (χ0v) is 8.93. The van der Waals surface area contributed by atoms with E-state index in [-0.39, 0.29) is 16.3 Å². The van der Waals surface area contributed by atoms with E-state index in [1.165, 1.54) is 6.08 Å². The molecule has 2 fully saturated rings. The Balaban J connectivity index is 1.95. The van der Waals surface area contributed by atoms with Gasteiger partial charge in [-0.25, -0.2) is 4.79 Å². The number of fused-ring (bicyclic) bond motifs is 1. The molecule has 0 spiro atoms. The zero-order valence-electron chi connectivity index (χ0n) is 8.18. The standard InChI is InChI=1S/C10H14ClNO2/c1-2-14-8(13)3-4-9-5-10(9,11)7-12-6-9/h3-4,12H,2,5-7H2,1H3/b4-3+. The van der Waals surface area contributed by atoms with Crippen molar-refractivity contribution in [3.63, 3.8) is 0 Å². The average Bonchev–Trinajstić information content (AvgIpc) is 2.58. The first-order valence-electron chi connectivity index (χ1n) is 4.88. The number of rotatable bonds is 3. The third-order valence-corrected chi connectivity index (χ3v) is 3.68. The van der Waals surface area contributed by atoms with Crippen LogP contribution in [-0.4, -0.2) is 30.5 Å². The first-order chi connectivity index (χ1) is 6.62. The van der Waals surface area contributed by atoms with Gasteiger partial charge in [0, 0.05) is 24.6 Å². The molecule has 1 saturated carbocycles. The maximum Gasteiger partial charge on any atom is 0.330 e. The first kappa shape index (κ1) is 9.99. The number of halogens is 1. The second-order valence-corrected chi connectivity index (χ2v) is 4.71. The van der Waals surface area contributed by atoms with Crippen LogP contribution in [0.1, 0.15) is 13.3 Å². The number of ether oxygens (including phenoxy) is 1. The van der Waals surface area contributed by atoms with Crippen LogP contribution in [0.4, 0.5) is 0 Å². The minimum absolute atomic E-state index is 0.00131. The summed E-state index contributed by atoms with van der Waals surface area (Å²) in [7, 11) is 0. The molecular formula is C10H14ClNO2. The van der Waals surface area contributed by atoms with E-state index in [1.54, 1.807) is 6.92 Å². The van der Waals surface area contributed by atoms with Crippen molar-refractivity contribution < 1.29 is 9.53 Å². The third-order valence-electron chi connectivity index (χ3n) is 3.03. The molecule has 1 heterocycles. The monoisotopic (exact) mass is 215 g/mol. The summed E-state index contributed by atoms with van der Waals surface area (Å²) in [5.74, 6) is -0.278. The van der Waals surface area contributed by atoms with Gasteiger partial charge >= 0.3 is 5.97 Å². The summed E-state index contributed by atoms with van der Waals surface area (Å²) in [4.78, 5) is 10.9. The average molecular weight is 216 g/mol. The van der Waals surface area contributed by atoms with E-state index in [0.717, 1.165) is 19.5 Å². The van der Waals surface area contributed by atoms with Crippen molar-refractivity contribution in [2.24, 2.45) is 5.41 Å². The zero-order chi connectivity index (χ0) is 10.2. The van der Waals surface area contributed by atoms with Crippen molar-refractivity contribution in [1.29, 1.82) is 0 Å². The van der Waals surface area contributed by atoms with Gasteiger partial charge < -0.3 is 10.1 Å². The van der Waals surface area contributed by atoms with Gasteiger partial charge in [0.1, 0.15) is 0 Å². The van der Waals surface area contributed by atoms with E-state index in [1.807, 2.05) is 6.08 Å². The number of alkyl halides is 1. The highest BCUT2D eigenvalue weighted by molar-refractivity contribution is 6.27. The van der Waals surface area contributed by atoms with Gasteiger partial charge in [0.25, 0.3) is 0 Å². The molecule has 4 heteroatoms. The van der Waals surface area contributed by atoms with Crippen LogP contribution in [0.25, 0.3) is 0 Å². The molecule has 2 unspecified atom stereocenters. The van der Waals surface area contributed by atoms with E-state index in [4.69, 9.17) is 16.3 Å². The van der Waals surface area contributed by atoms with Crippen molar-refractivity contribution in [2.45, 2.75) is 18.2 Å². The smallest absolute Gasteiger partial charge is 0.330 e. The van der Waals surface area contributed by atoms with Gasteiger partial charge in [-0.05, 0) is 13.3 Å². The Kier molecular flexibility index (Phi) is 2.32. The Morgan fingerprint density at radius 1 is 1.64 bits per heavy atom. The Morgan fingerprint density at radius 3 is 2.93 bits per heavy atom. The summed E-state index contributed by atoms with van der Waals surface area (Å²) < 4.78 is 4.81. The van der Waals surface area contributed by atoms with Crippen LogP contribution in [-0.2, 0) is 9.53 Å². The van der Waals surface area contributed by atoms with Crippen LogP contribution >= 0.6 is 11.6 Å². The lowest BCUT2D eigenvalue weighted by Gasteiger charge is -2.04. The van der Waals surface area contributed by atoms with Crippen molar-refractivity contribution in [3.05, 3.63) is 12.2 Å². The lowest BCUT2D eigenvalue weighted by atomic mass is 10.1. The molecule has 14 heavy (non-hydrogen) atoms. The number of piperidine rings is 1. The van der Waals surface area contributed by atoms with Crippen LogP contribution in [0.2, 0.25) is 0 Å². The molecular weight excluding hydrogens is 202 g/mol. The lowest BCUT2D eigenvalue weighted by Crippen LogP contribution is -2.16. The Labute approximate surface area is 88.5 Å². The Bertz CT molecular complexity index is 288. The molecule has 0 radical (unpaired) electrons. The summed E-state index contributed by atoms with van der Waals surface area (Å²) in [5.41, 5.74) is 0.00131. The molecule has 78 valence electrons. The van der Waals surface area contributed by atoms with Crippen molar-refractivity contribution in [3.8, 4) is 0 Å². The molecule has 0 aromatic rings. The maximum atomic E-state index is 11.1. The highest BCUT2D eigenvalue weighted by Gasteiger charge is 2.67. The number of esters is 1. The van der Waals surface area contributed by atoms with Crippen LogP contribution in [0.3, 0.4) is 0 Å². The van der Waals surface area contributed by atoms with E-state index in [2.05, 4.69) is 5.32 Å². The topological polar surface area (TPSA) is 38.3 Å². The third kappa shape index (κ3) is 1.44. The lowest BCUT2D eigenvalue weighted by molar-refractivity contribution is -0.137. The summed E-state index contributed by atoms with van der Waals surface area (Å²) in [6, 6.07) is 0. The molecule has 0 bridgehead atoms. The van der Waals surface area contributed by atoms with Gasteiger partial charge in [0.05, 0.1) is 11.5 Å². The van der Waals surface area contributed by atoms with E-state index >= 15 is 0 Å². The molecule has 2 aliphatic rings. The van der Waals surface area contributed by atoms with E-state index in [9.17, 15) is 4.79 Å². The normalized spacial score (nSPS) is 39.9. The largest absolute Gasteiger partial charge is 0.463 e. The molecule has 1 saturated heterocycles. The molecule has 3 nitrogen and oxygen atoms in total. The van der Waals surface area contributed by atoms with Crippen LogP contribution in [0, 0.1) is 5.41 Å². The fraction of sp³-hybridized carbons (Fsp3) is 0.700. The fourth-order valence-electron chi connectivity index (χ4n) is 2.08. The summed E-state index contributed by atoms with van der Waals surface area (Å²) in [5, 5.41) is 3.22. The Morgan fingerprint density at radius 2 is 2.43 bits per heavy atom. The predicted octanol–water partition coefficient (Wildman–Crippen LogP) is 1.08. The second-order valence-electron chi connectivity index (χ2n) is 3.99. The van der Waals surface area contributed by atoms with Crippen LogP contribution < -0.4 is 5.32 Å². The highest BCUT2D eigenvalue weighted by atomic mass is 35.5. The van der Waals surface area contributed by atoms with Crippen molar-refractivity contribution >= 4 is 17.6 Å². The minimum atomic E-state index is -0.278. The number of hydrogen-bond acceptors (Lipinski definition) is 3. The molecule has 0 aromatic heterocycles. The van der Waals surface area contributed by atoms with Crippen LogP contribution in [0.15, 0.2) is 12.2 Å². The van der Waals surface area contributed by atoms with E-state index in [0.29, 0.717) is 6.61 Å². The predicted molar refractivity (Wildman–Crippen MR) is 54.3 cm³/mol. The summed E-state index contributed by atoms with van der Waals surface area (Å²) in [6.07, 6.45) is 4.36. The maximum absolute atomic E-state index is 11.1. The van der Waals surface area contributed by atoms with Crippen molar-refractivity contribution in [2.75, 3.05) is 19.7 Å². The summed E-state index contributed by atoms with van der Waals surface area (Å²) in [6.45, 7) is 3.92. The number of carbonyl (C=O) groups is 1. The van der Waals surface area contributed by atoms with Gasteiger partial charge in [-0.3, -0.25) is 0 Å². The Hall–Kier alpha value is -0.540. The van der Waals surface area contributed by atoms with Gasteiger partial charge in [0.2, 0.25) is 0 Å². The number of carbonyl (C=O) groups excluding carboxylic acids is 1. The summed E-state index contributed by atoms with van der Waals surface area (Å²) >= 11 is 6.29. The molecule has 1 aliphatic heterocycles. The minimum Gasteiger partial charge on any atom is -0.463 e. The number of hydrogen-bond donors (Lipinski definition) is 1. The van der Waals surface area contributed by atoms with E-state index < -0.39 is 0 Å². The second kappa shape index (κ2) is 3.24. The van der Waals surface area contributed by atoms with Gasteiger partial charge in [-0.2, -0.15) is 0 Å². The fourth-order valence-corrected chi connectivity index (χ4v) is 2.55. The molecule has 2 atom stereocenters. The SMILES string of the molecule is CCOC(=O)/C=C/C12CNCC1(Cl)C2. The molecule has 1 aliphatic carbocycles. The molecule has 0 amide bonds. The molecule has 0 aromatic carbocycles.